The molecule has 0 spiro atoms. The standard InChI is InChI=1S/C63H41NS/c1-3-22-45(23-4-1)63(46-24-5-2-6-25-46)56-32-13-11-29-52(56)53-39-37-48(41-57(53)63)64(58-33-17-35-60-62(58)55-30-12-14-34-59(55)65-60)47-26-15-21-44(40-47)51-38-36-43-19-8-10-28-50(43)61(51)54-31-16-20-42-18-7-9-27-49(42)54/h1-41H/i1D,2D,3D,5D,7D,8D,9D,10D,11D,12D,14D,15D,16D,18D,19D,20D,21D,22D,24D,26D,29D,30D,31D,33D,34D,35D,36D,37D,38D,39D,40D. The Morgan fingerprint density at radius 2 is 1.11 bits per heavy atom. The largest absolute Gasteiger partial charge is 0.310 e. The summed E-state index contributed by atoms with van der Waals surface area (Å²) in [5.41, 5.74) is -9.19. The summed E-state index contributed by atoms with van der Waals surface area (Å²) in [7, 11) is 0. The fourth-order valence-electron chi connectivity index (χ4n) is 8.85. The van der Waals surface area contributed by atoms with Gasteiger partial charge in [-0.3, -0.25) is 0 Å². The van der Waals surface area contributed by atoms with Crippen LogP contribution < -0.4 is 4.90 Å². The van der Waals surface area contributed by atoms with Crippen LogP contribution >= 0.6 is 11.3 Å². The summed E-state index contributed by atoms with van der Waals surface area (Å²) >= 11 is 0.662. The molecule has 1 nitrogen and oxygen atoms in total. The Bertz CT molecular complexity index is 5580. The Morgan fingerprint density at radius 3 is 1.97 bits per heavy atom. The van der Waals surface area contributed by atoms with E-state index in [1.165, 1.54) is 24.3 Å². The fourth-order valence-corrected chi connectivity index (χ4v) is 9.83. The summed E-state index contributed by atoms with van der Waals surface area (Å²) in [5.74, 6) is 0. The second-order valence-electron chi connectivity index (χ2n) is 14.7. The van der Waals surface area contributed by atoms with Gasteiger partial charge in [-0.15, -0.1) is 11.3 Å². The number of benzene rings is 11. The molecule has 0 amide bonds. The van der Waals surface area contributed by atoms with E-state index < -0.39 is 254 Å². The van der Waals surface area contributed by atoms with E-state index in [1.54, 1.807) is 0 Å². The van der Waals surface area contributed by atoms with Crippen molar-refractivity contribution in [2.75, 3.05) is 4.90 Å². The van der Waals surface area contributed by atoms with Gasteiger partial charge in [-0.1, -0.05) is 206 Å². The molecule has 11 aromatic carbocycles. The van der Waals surface area contributed by atoms with Gasteiger partial charge in [-0.25, -0.2) is 0 Å². The van der Waals surface area contributed by atoms with Crippen LogP contribution in [0.2, 0.25) is 0 Å². The first-order chi connectivity index (χ1) is 45.1. The summed E-state index contributed by atoms with van der Waals surface area (Å²) in [6.07, 6.45) is 0. The average molecular weight is 875 g/mol. The highest BCUT2D eigenvalue weighted by Gasteiger charge is 2.46. The van der Waals surface area contributed by atoms with Crippen LogP contribution in [0.5, 0.6) is 0 Å². The molecule has 2 heteroatoms. The van der Waals surface area contributed by atoms with Crippen molar-refractivity contribution in [3.8, 4) is 33.4 Å². The van der Waals surface area contributed by atoms with Gasteiger partial charge in [0.15, 0.2) is 0 Å². The molecule has 0 saturated carbocycles. The summed E-state index contributed by atoms with van der Waals surface area (Å²) in [6, 6.07) is -12.9. The molecule has 13 rings (SSSR count). The Hall–Kier alpha value is -8.04. The molecule has 65 heavy (non-hydrogen) atoms. The van der Waals surface area contributed by atoms with E-state index in [9.17, 15) is 20.6 Å². The van der Waals surface area contributed by atoms with Gasteiger partial charge in [0.05, 0.1) is 53.6 Å². The first-order valence-corrected chi connectivity index (χ1v) is 20.7. The third-order valence-electron chi connectivity index (χ3n) is 11.5. The molecular formula is C63H41NS. The number of hydrogen-bond acceptors (Lipinski definition) is 2. The van der Waals surface area contributed by atoms with Crippen molar-refractivity contribution in [1.82, 2.24) is 0 Å². The SMILES string of the molecule is [2H]c1ccc(C2(c3ccc([2H])c([2H])c3[2H])c3ccc([2H])c([2H])c3-c3c2cc(N(c2c([2H])c([2H])c([2H])c(-c4c([2H])c([2H])c5c([2H])c([2H])c([2H])cc5c4-c4c([2H])c([2H])c([2H])c5c([2H])c([2H])c([2H])cc45)c2[2H])c2c([2H])cc([2H])c4sc5c([2H])c([2H])c([2H])c([2H])c5c24)c([2H])c3[2H])c([2H])c1[2H]. The lowest BCUT2D eigenvalue weighted by Crippen LogP contribution is -2.28. The van der Waals surface area contributed by atoms with Crippen LogP contribution in [0.1, 0.15) is 64.7 Å². The summed E-state index contributed by atoms with van der Waals surface area (Å²) in [6.45, 7) is 0. The maximum Gasteiger partial charge on any atom is 0.0714 e. The minimum atomic E-state index is -2.38. The summed E-state index contributed by atoms with van der Waals surface area (Å²) in [5, 5.41) is -2.66. The van der Waals surface area contributed by atoms with E-state index in [1.807, 2.05) is 0 Å². The van der Waals surface area contributed by atoms with E-state index in [-0.39, 0.29) is 53.6 Å². The molecule has 12 aromatic rings. The number of anilines is 3. The normalized spacial score (nSPS) is 19.4. The van der Waals surface area contributed by atoms with E-state index >= 15 is 0 Å². The lowest BCUT2D eigenvalue weighted by atomic mass is 9.67. The van der Waals surface area contributed by atoms with Crippen molar-refractivity contribution in [3.63, 3.8) is 0 Å². The van der Waals surface area contributed by atoms with Crippen molar-refractivity contribution in [3.05, 3.63) is 270 Å². The quantitative estimate of drug-likeness (QED) is 0.154. The van der Waals surface area contributed by atoms with Crippen molar-refractivity contribution in [1.29, 1.82) is 0 Å². The minimum Gasteiger partial charge on any atom is -0.310 e. The fraction of sp³-hybridized carbons (Fsp3) is 0.0159. The predicted octanol–water partition coefficient (Wildman–Crippen LogP) is 17.5. The summed E-state index contributed by atoms with van der Waals surface area (Å²) < 4.78 is 290. The van der Waals surface area contributed by atoms with Crippen LogP contribution in [0.3, 0.4) is 0 Å². The lowest BCUT2D eigenvalue weighted by molar-refractivity contribution is 0.768. The van der Waals surface area contributed by atoms with Crippen LogP contribution in [0.4, 0.5) is 17.1 Å². The van der Waals surface area contributed by atoms with Crippen LogP contribution in [-0.2, 0) is 5.41 Å². The Labute approximate surface area is 426 Å². The van der Waals surface area contributed by atoms with Gasteiger partial charge in [0.25, 0.3) is 0 Å². The van der Waals surface area contributed by atoms with E-state index in [0.29, 0.717) is 11.3 Å². The van der Waals surface area contributed by atoms with E-state index in [0.717, 1.165) is 41.3 Å². The molecule has 0 aliphatic heterocycles. The lowest BCUT2D eigenvalue weighted by Gasteiger charge is -2.35. The molecule has 0 fully saturated rings. The second-order valence-corrected chi connectivity index (χ2v) is 15.8. The van der Waals surface area contributed by atoms with Crippen molar-refractivity contribution in [2.24, 2.45) is 0 Å². The van der Waals surface area contributed by atoms with E-state index in [2.05, 4.69) is 0 Å². The predicted molar refractivity (Wildman–Crippen MR) is 277 cm³/mol. The highest BCUT2D eigenvalue weighted by Crippen LogP contribution is 2.58. The molecule has 0 bridgehead atoms. The second kappa shape index (κ2) is 15.1. The zero-order chi connectivity index (χ0) is 69.9. The third kappa shape index (κ3) is 5.78. The minimum absolute atomic E-state index is 0.0863. The highest BCUT2D eigenvalue weighted by atomic mass is 32.1. The molecular weight excluding hydrogens is 803 g/mol. The molecule has 1 aliphatic rings. The topological polar surface area (TPSA) is 3.24 Å². The van der Waals surface area contributed by atoms with E-state index in [4.69, 9.17) is 21.9 Å². The van der Waals surface area contributed by atoms with Crippen molar-refractivity contribution < 1.29 is 42.5 Å². The van der Waals surface area contributed by atoms with Crippen molar-refractivity contribution >= 4 is 70.1 Å². The Morgan fingerprint density at radius 1 is 0.415 bits per heavy atom. The summed E-state index contributed by atoms with van der Waals surface area (Å²) in [4.78, 5) is 0.794. The number of thiophene rings is 1. The maximum atomic E-state index is 10.7. The van der Waals surface area contributed by atoms with Gasteiger partial charge < -0.3 is 4.90 Å². The Kier molecular flexibility index (Phi) is 4.13. The smallest absolute Gasteiger partial charge is 0.0714 e. The molecule has 0 saturated heterocycles. The third-order valence-corrected chi connectivity index (χ3v) is 12.5. The van der Waals surface area contributed by atoms with Gasteiger partial charge in [0.1, 0.15) is 0 Å². The first kappa shape index (κ1) is 17.9. The van der Waals surface area contributed by atoms with Gasteiger partial charge in [0.2, 0.25) is 0 Å². The van der Waals surface area contributed by atoms with Crippen LogP contribution in [-0.4, -0.2) is 0 Å². The number of rotatable bonds is 7. The maximum absolute atomic E-state index is 10.7. The monoisotopic (exact) mass is 874 g/mol. The van der Waals surface area contributed by atoms with Gasteiger partial charge in [0, 0.05) is 31.5 Å². The molecule has 0 radical (unpaired) electrons. The molecule has 1 aliphatic carbocycles. The molecule has 0 unspecified atom stereocenters. The molecule has 1 heterocycles. The Balaban J connectivity index is 1.30. The zero-order valence-electron chi connectivity index (χ0n) is 64.1. The van der Waals surface area contributed by atoms with Crippen LogP contribution in [0, 0.1) is 0 Å². The molecule has 0 N–H and O–H groups in total. The highest BCUT2D eigenvalue weighted by molar-refractivity contribution is 7.26. The number of hydrogen-bond donors (Lipinski definition) is 0. The van der Waals surface area contributed by atoms with Crippen molar-refractivity contribution in [2.45, 2.75) is 5.41 Å². The van der Waals surface area contributed by atoms with Gasteiger partial charge in [-0.2, -0.15) is 0 Å². The number of nitrogens with zero attached hydrogens (tertiary/aromatic N) is 1. The van der Waals surface area contributed by atoms with Gasteiger partial charge in [-0.05, 0) is 120 Å². The molecule has 0 atom stereocenters. The average Bonchev–Trinajstić information content (AvgIpc) is 1.46. The number of fused-ring (bicyclic) bond motifs is 8. The molecule has 304 valence electrons. The van der Waals surface area contributed by atoms with Crippen LogP contribution in [0.25, 0.3) is 75.1 Å². The zero-order valence-corrected chi connectivity index (χ0v) is 33.9. The first-order valence-electron chi connectivity index (χ1n) is 35.4. The molecule has 1 aromatic heterocycles. The van der Waals surface area contributed by atoms with Gasteiger partial charge >= 0.3 is 0 Å². The van der Waals surface area contributed by atoms with Crippen LogP contribution in [0.15, 0.2) is 248 Å².